The van der Waals surface area contributed by atoms with Gasteiger partial charge in [0.25, 0.3) is 0 Å². The predicted molar refractivity (Wildman–Crippen MR) is 86.8 cm³/mol. The van der Waals surface area contributed by atoms with Gasteiger partial charge in [-0.15, -0.1) is 12.4 Å². The van der Waals surface area contributed by atoms with Crippen molar-refractivity contribution in [2.45, 2.75) is 12.6 Å². The van der Waals surface area contributed by atoms with Gasteiger partial charge in [0.1, 0.15) is 0 Å². The van der Waals surface area contributed by atoms with E-state index in [1.54, 1.807) is 6.07 Å². The molecule has 0 aliphatic heterocycles. The number of hydrogen-bond acceptors (Lipinski definition) is 2. The van der Waals surface area contributed by atoms with Crippen LogP contribution in [0.1, 0.15) is 17.2 Å². The topological polar surface area (TPSA) is 32.3 Å². The van der Waals surface area contributed by atoms with Gasteiger partial charge in [-0.2, -0.15) is 0 Å². The van der Waals surface area contributed by atoms with Crippen LogP contribution in [-0.2, 0) is 6.54 Å². The highest BCUT2D eigenvalue weighted by Crippen LogP contribution is 2.25. The number of aliphatic hydroxyl groups excluding tert-OH is 1. The Bertz CT molecular complexity index is 534. The summed E-state index contributed by atoms with van der Waals surface area (Å²) in [6, 6.07) is 15.1. The fourth-order valence-electron chi connectivity index (χ4n) is 1.82. The predicted octanol–water partition coefficient (Wildman–Crippen LogP) is 4.24. The summed E-state index contributed by atoms with van der Waals surface area (Å²) >= 11 is 12.0. The highest BCUT2D eigenvalue weighted by atomic mass is 35.5. The van der Waals surface area contributed by atoms with Gasteiger partial charge in [0, 0.05) is 13.1 Å². The Morgan fingerprint density at radius 1 is 1.00 bits per heavy atom. The number of benzene rings is 2. The molecule has 0 aromatic heterocycles. The van der Waals surface area contributed by atoms with Crippen LogP contribution in [0.4, 0.5) is 0 Å². The summed E-state index contributed by atoms with van der Waals surface area (Å²) in [5.41, 5.74) is 1.82. The van der Waals surface area contributed by atoms with Crippen molar-refractivity contribution in [3.05, 3.63) is 69.7 Å². The minimum Gasteiger partial charge on any atom is -0.387 e. The summed E-state index contributed by atoms with van der Waals surface area (Å²) in [4.78, 5) is 0. The zero-order valence-electron chi connectivity index (χ0n) is 10.7. The number of nitrogens with one attached hydrogen (secondary N) is 1. The molecule has 5 heteroatoms. The molecular formula is C15H16Cl3NO. The smallest absolute Gasteiger partial charge is 0.0914 e. The van der Waals surface area contributed by atoms with Crippen molar-refractivity contribution in [1.82, 2.24) is 5.32 Å². The lowest BCUT2D eigenvalue weighted by Crippen LogP contribution is -2.21. The molecule has 0 amide bonds. The molecule has 0 aliphatic rings. The summed E-state index contributed by atoms with van der Waals surface area (Å²) in [6.07, 6.45) is -0.529. The summed E-state index contributed by atoms with van der Waals surface area (Å²) in [5.74, 6) is 0. The van der Waals surface area contributed by atoms with E-state index in [9.17, 15) is 5.11 Å². The lowest BCUT2D eigenvalue weighted by atomic mass is 10.1. The molecule has 0 saturated carbocycles. The Balaban J connectivity index is 0.00000200. The highest BCUT2D eigenvalue weighted by molar-refractivity contribution is 6.42. The molecule has 0 fully saturated rings. The first-order valence-electron chi connectivity index (χ1n) is 6.05. The van der Waals surface area contributed by atoms with Crippen molar-refractivity contribution in [3.8, 4) is 0 Å². The molecule has 0 saturated heterocycles. The van der Waals surface area contributed by atoms with Crippen LogP contribution in [0.25, 0.3) is 0 Å². The first-order valence-corrected chi connectivity index (χ1v) is 6.80. The van der Waals surface area contributed by atoms with Crippen molar-refractivity contribution in [1.29, 1.82) is 0 Å². The minimum atomic E-state index is -0.529. The van der Waals surface area contributed by atoms with E-state index in [0.29, 0.717) is 23.1 Å². The minimum absolute atomic E-state index is 0. The van der Waals surface area contributed by atoms with Gasteiger partial charge in [0.15, 0.2) is 0 Å². The number of rotatable bonds is 5. The number of hydrogen-bond donors (Lipinski definition) is 2. The average Bonchev–Trinajstić information content (AvgIpc) is 2.44. The van der Waals surface area contributed by atoms with Crippen molar-refractivity contribution in [3.63, 3.8) is 0 Å². The lowest BCUT2D eigenvalue weighted by Gasteiger charge is -2.13. The Labute approximate surface area is 135 Å². The number of aliphatic hydroxyl groups is 1. The molecule has 20 heavy (non-hydrogen) atoms. The van der Waals surface area contributed by atoms with E-state index in [2.05, 4.69) is 5.32 Å². The van der Waals surface area contributed by atoms with Gasteiger partial charge in [-0.1, -0.05) is 65.7 Å². The molecule has 0 radical (unpaired) electrons. The second-order valence-electron chi connectivity index (χ2n) is 4.27. The normalized spacial score (nSPS) is 11.8. The third-order valence-corrected chi connectivity index (χ3v) is 3.73. The van der Waals surface area contributed by atoms with Crippen LogP contribution in [0.3, 0.4) is 0 Å². The molecule has 2 nitrogen and oxygen atoms in total. The highest BCUT2D eigenvalue weighted by Gasteiger charge is 2.07. The fraction of sp³-hybridized carbons (Fsp3) is 0.200. The second-order valence-corrected chi connectivity index (χ2v) is 5.06. The number of halogens is 3. The lowest BCUT2D eigenvalue weighted by molar-refractivity contribution is 0.174. The van der Waals surface area contributed by atoms with E-state index >= 15 is 0 Å². The van der Waals surface area contributed by atoms with E-state index < -0.39 is 6.10 Å². The van der Waals surface area contributed by atoms with Gasteiger partial charge < -0.3 is 10.4 Å². The fourth-order valence-corrected chi connectivity index (χ4v) is 2.21. The molecule has 0 bridgehead atoms. The molecule has 108 valence electrons. The summed E-state index contributed by atoms with van der Waals surface area (Å²) in [5, 5.41) is 14.3. The van der Waals surface area contributed by atoms with Crippen LogP contribution >= 0.6 is 35.6 Å². The Hall–Kier alpha value is -0.770. The first-order chi connectivity index (χ1) is 9.18. The van der Waals surface area contributed by atoms with Gasteiger partial charge in [-0.3, -0.25) is 0 Å². The Kier molecular flexibility index (Phi) is 7.35. The summed E-state index contributed by atoms with van der Waals surface area (Å²) in [6.45, 7) is 1.04. The van der Waals surface area contributed by atoms with Gasteiger partial charge >= 0.3 is 0 Å². The van der Waals surface area contributed by atoms with Gasteiger partial charge in [0.05, 0.1) is 16.1 Å². The maximum atomic E-state index is 10.0. The van der Waals surface area contributed by atoms with Crippen molar-refractivity contribution in [2.24, 2.45) is 0 Å². The molecule has 2 aromatic carbocycles. The van der Waals surface area contributed by atoms with Crippen LogP contribution in [0.15, 0.2) is 48.5 Å². The quantitative estimate of drug-likeness (QED) is 0.858. The SMILES string of the molecule is Cl.OC(CNCc1cccc(Cl)c1Cl)c1ccccc1. The maximum Gasteiger partial charge on any atom is 0.0914 e. The molecule has 1 atom stereocenters. The van der Waals surface area contributed by atoms with Crippen LogP contribution in [-0.4, -0.2) is 11.7 Å². The van der Waals surface area contributed by atoms with Gasteiger partial charge in [-0.25, -0.2) is 0 Å². The third kappa shape index (κ3) is 4.65. The van der Waals surface area contributed by atoms with Crippen LogP contribution in [0.5, 0.6) is 0 Å². The standard InChI is InChI=1S/C15H15Cl2NO.ClH/c16-13-8-4-7-12(15(13)17)9-18-10-14(19)11-5-2-1-3-6-11;/h1-8,14,18-19H,9-10H2;1H. The summed E-state index contributed by atoms with van der Waals surface area (Å²) in [7, 11) is 0. The van der Waals surface area contributed by atoms with E-state index in [4.69, 9.17) is 23.2 Å². The van der Waals surface area contributed by atoms with E-state index in [1.165, 1.54) is 0 Å². The average molecular weight is 333 g/mol. The molecule has 2 aromatic rings. The molecule has 0 spiro atoms. The van der Waals surface area contributed by atoms with E-state index in [-0.39, 0.29) is 12.4 Å². The molecule has 2 N–H and O–H groups in total. The molecule has 1 unspecified atom stereocenters. The maximum absolute atomic E-state index is 10.0. The largest absolute Gasteiger partial charge is 0.387 e. The molecule has 0 heterocycles. The van der Waals surface area contributed by atoms with Crippen LogP contribution in [0, 0.1) is 0 Å². The summed E-state index contributed by atoms with van der Waals surface area (Å²) < 4.78 is 0. The first kappa shape index (κ1) is 17.3. The Morgan fingerprint density at radius 2 is 1.70 bits per heavy atom. The third-order valence-electron chi connectivity index (χ3n) is 2.87. The molecular weight excluding hydrogens is 317 g/mol. The monoisotopic (exact) mass is 331 g/mol. The zero-order chi connectivity index (χ0) is 13.7. The van der Waals surface area contributed by atoms with Gasteiger partial charge in [0.2, 0.25) is 0 Å². The van der Waals surface area contributed by atoms with Gasteiger partial charge in [-0.05, 0) is 17.2 Å². The van der Waals surface area contributed by atoms with Crippen molar-refractivity contribution in [2.75, 3.05) is 6.54 Å². The van der Waals surface area contributed by atoms with E-state index in [0.717, 1.165) is 11.1 Å². The van der Waals surface area contributed by atoms with Crippen molar-refractivity contribution >= 4 is 35.6 Å². The van der Waals surface area contributed by atoms with Crippen molar-refractivity contribution < 1.29 is 5.11 Å². The van der Waals surface area contributed by atoms with E-state index in [1.807, 2.05) is 42.5 Å². The van der Waals surface area contributed by atoms with Crippen LogP contribution in [0.2, 0.25) is 10.0 Å². The molecule has 2 rings (SSSR count). The molecule has 0 aliphatic carbocycles. The Morgan fingerprint density at radius 3 is 2.40 bits per heavy atom. The van der Waals surface area contributed by atoms with Crippen LogP contribution < -0.4 is 5.32 Å². The zero-order valence-corrected chi connectivity index (χ0v) is 13.1. The second kappa shape index (κ2) is 8.50.